The first-order chi connectivity index (χ1) is 24.8. The summed E-state index contributed by atoms with van der Waals surface area (Å²) in [6, 6.07) is 59.7. The summed E-state index contributed by atoms with van der Waals surface area (Å²) in [6.45, 7) is 0. The van der Waals surface area contributed by atoms with Gasteiger partial charge in [-0.2, -0.15) is 0 Å². The molecule has 50 heavy (non-hydrogen) atoms. The molecule has 0 aliphatic rings. The van der Waals surface area contributed by atoms with E-state index in [0.29, 0.717) is 17.5 Å². The number of rotatable bonds is 5. The van der Waals surface area contributed by atoms with Gasteiger partial charge in [-0.25, -0.2) is 15.0 Å². The molecule has 0 unspecified atom stereocenters. The summed E-state index contributed by atoms with van der Waals surface area (Å²) >= 11 is 1.85. The van der Waals surface area contributed by atoms with Gasteiger partial charge in [0.2, 0.25) is 0 Å². The lowest BCUT2D eigenvalue weighted by molar-refractivity contribution is 1.07. The van der Waals surface area contributed by atoms with Crippen LogP contribution in [-0.4, -0.2) is 19.5 Å². The molecule has 0 radical (unpaired) electrons. The Morgan fingerprint density at radius 1 is 0.380 bits per heavy atom. The van der Waals surface area contributed by atoms with E-state index in [1.807, 2.05) is 72.0 Å². The highest BCUT2D eigenvalue weighted by Crippen LogP contribution is 2.43. The third-order valence-electron chi connectivity index (χ3n) is 9.47. The quantitative estimate of drug-likeness (QED) is 0.185. The number of fused-ring (bicyclic) bond motifs is 6. The Morgan fingerprint density at radius 3 is 1.70 bits per heavy atom. The van der Waals surface area contributed by atoms with Gasteiger partial charge < -0.3 is 4.57 Å². The first-order valence-corrected chi connectivity index (χ1v) is 17.5. The van der Waals surface area contributed by atoms with E-state index in [1.54, 1.807) is 0 Å². The molecule has 0 atom stereocenters. The summed E-state index contributed by atoms with van der Waals surface area (Å²) < 4.78 is 5.01. The standard InChI is InChI=1S/C45H28N4S/c1-3-14-29(15-4-1)43-46-44(30-16-5-2-6-17-30)48-45(47-43)31-26-27-34-32-18-7-10-22-37(32)49(39(34)28-31)38-23-11-8-19-33(38)35-21-13-25-41-42(35)36-20-9-12-24-40(36)50-41/h1-28H. The zero-order valence-corrected chi connectivity index (χ0v) is 27.7. The van der Waals surface area contributed by atoms with Crippen molar-refractivity contribution in [3.63, 3.8) is 0 Å². The molecule has 10 aromatic rings. The van der Waals surface area contributed by atoms with Crippen LogP contribution in [0.1, 0.15) is 0 Å². The number of hydrogen-bond acceptors (Lipinski definition) is 4. The Balaban J connectivity index is 1.23. The van der Waals surface area contributed by atoms with Crippen LogP contribution in [0.3, 0.4) is 0 Å². The highest BCUT2D eigenvalue weighted by atomic mass is 32.1. The fourth-order valence-corrected chi connectivity index (χ4v) is 8.33. The van der Waals surface area contributed by atoms with Crippen molar-refractivity contribution in [1.82, 2.24) is 19.5 Å². The third kappa shape index (κ3) is 4.63. The minimum atomic E-state index is 0.638. The molecular formula is C45H28N4S. The number of thiophene rings is 1. The van der Waals surface area contributed by atoms with E-state index in [0.717, 1.165) is 33.4 Å². The molecule has 0 aliphatic heterocycles. The van der Waals surface area contributed by atoms with E-state index in [-0.39, 0.29) is 0 Å². The van der Waals surface area contributed by atoms with Crippen molar-refractivity contribution in [2.24, 2.45) is 0 Å². The first-order valence-electron chi connectivity index (χ1n) is 16.7. The van der Waals surface area contributed by atoms with Crippen molar-refractivity contribution in [3.8, 4) is 51.0 Å². The Hall–Kier alpha value is -6.43. The molecule has 0 aliphatic carbocycles. The van der Waals surface area contributed by atoms with Crippen molar-refractivity contribution in [1.29, 1.82) is 0 Å². The number of para-hydroxylation sites is 2. The number of aromatic nitrogens is 4. The Morgan fingerprint density at radius 2 is 0.940 bits per heavy atom. The molecule has 0 N–H and O–H groups in total. The first kappa shape index (κ1) is 28.6. The van der Waals surface area contributed by atoms with Crippen LogP contribution in [0.15, 0.2) is 170 Å². The number of nitrogens with zero attached hydrogens (tertiary/aromatic N) is 4. The zero-order valence-electron chi connectivity index (χ0n) is 26.9. The lowest BCUT2D eigenvalue weighted by Gasteiger charge is -2.15. The fourth-order valence-electron chi connectivity index (χ4n) is 7.20. The van der Waals surface area contributed by atoms with Gasteiger partial charge in [0.15, 0.2) is 17.5 Å². The largest absolute Gasteiger partial charge is 0.309 e. The molecular weight excluding hydrogens is 629 g/mol. The van der Waals surface area contributed by atoms with Gasteiger partial charge in [-0.15, -0.1) is 11.3 Å². The molecule has 0 spiro atoms. The molecule has 0 saturated carbocycles. The summed E-state index contributed by atoms with van der Waals surface area (Å²) in [6.07, 6.45) is 0. The van der Waals surface area contributed by atoms with Crippen molar-refractivity contribution >= 4 is 53.3 Å². The second-order valence-corrected chi connectivity index (χ2v) is 13.5. The van der Waals surface area contributed by atoms with Crippen LogP contribution in [0, 0.1) is 0 Å². The van der Waals surface area contributed by atoms with Crippen LogP contribution in [0.4, 0.5) is 0 Å². The molecule has 0 amide bonds. The van der Waals surface area contributed by atoms with Gasteiger partial charge in [0.25, 0.3) is 0 Å². The molecule has 10 rings (SSSR count). The van der Waals surface area contributed by atoms with Crippen LogP contribution in [0.2, 0.25) is 0 Å². The fraction of sp³-hybridized carbons (Fsp3) is 0. The molecule has 0 saturated heterocycles. The van der Waals surface area contributed by atoms with Crippen LogP contribution in [-0.2, 0) is 0 Å². The SMILES string of the molecule is c1ccc(-c2nc(-c3ccccc3)nc(-c3ccc4c5ccccc5n(-c5ccccc5-c5cccc6sc7ccccc7c56)c4c3)n2)cc1. The van der Waals surface area contributed by atoms with E-state index < -0.39 is 0 Å². The van der Waals surface area contributed by atoms with Crippen LogP contribution in [0.25, 0.3) is 93.0 Å². The molecule has 4 nitrogen and oxygen atoms in total. The monoisotopic (exact) mass is 656 g/mol. The van der Waals surface area contributed by atoms with Gasteiger partial charge >= 0.3 is 0 Å². The Kier molecular flexibility index (Phi) is 6.64. The summed E-state index contributed by atoms with van der Waals surface area (Å²) in [5.74, 6) is 1.94. The molecule has 3 aromatic heterocycles. The third-order valence-corrected chi connectivity index (χ3v) is 10.6. The topological polar surface area (TPSA) is 43.6 Å². The zero-order chi connectivity index (χ0) is 33.0. The minimum Gasteiger partial charge on any atom is -0.309 e. The van der Waals surface area contributed by atoms with Gasteiger partial charge in [0.1, 0.15) is 0 Å². The van der Waals surface area contributed by atoms with Crippen LogP contribution in [0.5, 0.6) is 0 Å². The molecule has 0 bridgehead atoms. The predicted octanol–water partition coefficient (Wildman–Crippen LogP) is 12.0. The highest BCUT2D eigenvalue weighted by Gasteiger charge is 2.20. The summed E-state index contributed by atoms with van der Waals surface area (Å²) in [5.41, 5.74) is 8.63. The predicted molar refractivity (Wildman–Crippen MR) is 209 cm³/mol. The molecule has 7 aromatic carbocycles. The summed E-state index contributed by atoms with van der Waals surface area (Å²) in [7, 11) is 0. The normalized spacial score (nSPS) is 11.6. The van der Waals surface area contributed by atoms with E-state index >= 15 is 0 Å². The molecule has 0 fully saturated rings. The summed E-state index contributed by atoms with van der Waals surface area (Å²) in [5, 5.41) is 4.97. The van der Waals surface area contributed by atoms with Crippen molar-refractivity contribution in [2.45, 2.75) is 0 Å². The number of benzene rings is 7. The van der Waals surface area contributed by atoms with E-state index in [2.05, 4.69) is 114 Å². The van der Waals surface area contributed by atoms with Gasteiger partial charge in [-0.05, 0) is 35.9 Å². The van der Waals surface area contributed by atoms with E-state index in [9.17, 15) is 0 Å². The van der Waals surface area contributed by atoms with Gasteiger partial charge in [0.05, 0.1) is 16.7 Å². The van der Waals surface area contributed by atoms with Gasteiger partial charge in [-0.1, -0.05) is 140 Å². The highest BCUT2D eigenvalue weighted by molar-refractivity contribution is 7.25. The van der Waals surface area contributed by atoms with Crippen molar-refractivity contribution in [3.05, 3.63) is 170 Å². The average molecular weight is 657 g/mol. The van der Waals surface area contributed by atoms with Crippen LogP contribution < -0.4 is 0 Å². The maximum atomic E-state index is 5.05. The van der Waals surface area contributed by atoms with Gasteiger partial charge in [-0.3, -0.25) is 0 Å². The van der Waals surface area contributed by atoms with Crippen molar-refractivity contribution in [2.75, 3.05) is 0 Å². The lowest BCUT2D eigenvalue weighted by atomic mass is 9.98. The molecule has 234 valence electrons. The lowest BCUT2D eigenvalue weighted by Crippen LogP contribution is -2.01. The van der Waals surface area contributed by atoms with E-state index in [1.165, 1.54) is 42.1 Å². The number of hydrogen-bond donors (Lipinski definition) is 0. The minimum absolute atomic E-state index is 0.638. The van der Waals surface area contributed by atoms with E-state index in [4.69, 9.17) is 15.0 Å². The van der Waals surface area contributed by atoms with Crippen molar-refractivity contribution < 1.29 is 0 Å². The smallest absolute Gasteiger partial charge is 0.164 e. The second-order valence-electron chi connectivity index (χ2n) is 12.4. The molecule has 5 heteroatoms. The van der Waals surface area contributed by atoms with Gasteiger partial charge in [0, 0.05) is 53.2 Å². The second kappa shape index (κ2) is 11.6. The summed E-state index contributed by atoms with van der Waals surface area (Å²) in [4.78, 5) is 15.0. The average Bonchev–Trinajstić information content (AvgIpc) is 3.74. The molecule has 3 heterocycles. The maximum absolute atomic E-state index is 5.05. The Labute approximate surface area is 292 Å². The van der Waals surface area contributed by atoms with Crippen LogP contribution >= 0.6 is 11.3 Å². The Bertz CT molecular complexity index is 2810. The maximum Gasteiger partial charge on any atom is 0.164 e.